The van der Waals surface area contributed by atoms with E-state index >= 15 is 0 Å². The average molecular weight is 249 g/mol. The fourth-order valence-electron chi connectivity index (χ4n) is 1.22. The van der Waals surface area contributed by atoms with Gasteiger partial charge in [0, 0.05) is 19.3 Å². The lowest BCUT2D eigenvalue weighted by Crippen LogP contribution is -2.37. The van der Waals surface area contributed by atoms with Gasteiger partial charge in [-0.05, 0) is 19.1 Å². The maximum absolute atomic E-state index is 11.6. The van der Waals surface area contributed by atoms with Gasteiger partial charge in [0.25, 0.3) is 0 Å². The molecule has 0 aromatic heterocycles. The van der Waals surface area contributed by atoms with Crippen molar-refractivity contribution in [3.05, 3.63) is 30.3 Å². The first kappa shape index (κ1) is 14.0. The Morgan fingerprint density at radius 3 is 2.61 bits per heavy atom. The number of guanidine groups is 1. The van der Waals surface area contributed by atoms with Crippen molar-refractivity contribution in [1.82, 2.24) is 10.3 Å². The molecule has 0 bridgehead atoms. The normalized spacial score (nSPS) is 10.9. The SMILES string of the molecule is CCN(C)C(=O)CN=C(NN)Nc1ccccc1. The summed E-state index contributed by atoms with van der Waals surface area (Å²) in [5, 5.41) is 2.98. The highest BCUT2D eigenvalue weighted by Gasteiger charge is 2.05. The highest BCUT2D eigenvalue weighted by atomic mass is 16.2. The third kappa shape index (κ3) is 4.42. The van der Waals surface area contributed by atoms with Gasteiger partial charge in [0.1, 0.15) is 6.54 Å². The van der Waals surface area contributed by atoms with Crippen molar-refractivity contribution in [3.8, 4) is 0 Å². The number of para-hydroxylation sites is 1. The Bertz CT molecular complexity index is 404. The number of carbonyl (C=O) groups excluding carboxylic acids is 1. The van der Waals surface area contributed by atoms with Crippen molar-refractivity contribution in [2.24, 2.45) is 10.8 Å². The number of nitrogens with one attached hydrogen (secondary N) is 2. The Morgan fingerprint density at radius 2 is 2.06 bits per heavy atom. The lowest BCUT2D eigenvalue weighted by molar-refractivity contribution is -0.128. The molecule has 0 aliphatic heterocycles. The van der Waals surface area contributed by atoms with Gasteiger partial charge in [0.15, 0.2) is 0 Å². The van der Waals surface area contributed by atoms with Crippen LogP contribution in [0.2, 0.25) is 0 Å². The second-order valence-electron chi connectivity index (χ2n) is 3.71. The lowest BCUT2D eigenvalue weighted by Gasteiger charge is -2.13. The number of hydrazine groups is 1. The summed E-state index contributed by atoms with van der Waals surface area (Å²) in [6.07, 6.45) is 0. The average Bonchev–Trinajstić information content (AvgIpc) is 2.43. The van der Waals surface area contributed by atoms with Crippen LogP contribution in [0.15, 0.2) is 35.3 Å². The summed E-state index contributed by atoms with van der Waals surface area (Å²) in [6, 6.07) is 9.47. The highest BCUT2D eigenvalue weighted by Crippen LogP contribution is 2.04. The van der Waals surface area contributed by atoms with E-state index in [0.29, 0.717) is 12.5 Å². The van der Waals surface area contributed by atoms with E-state index in [1.54, 1.807) is 11.9 Å². The standard InChI is InChI=1S/C12H19N5O/c1-3-17(2)11(18)9-14-12(16-13)15-10-7-5-4-6-8-10/h4-8H,3,9,13H2,1-2H3,(H2,14,15,16). The number of rotatable bonds is 4. The van der Waals surface area contributed by atoms with Crippen LogP contribution in [0.4, 0.5) is 5.69 Å². The largest absolute Gasteiger partial charge is 0.344 e. The Kier molecular flexibility index (Phi) is 5.66. The zero-order valence-electron chi connectivity index (χ0n) is 10.7. The number of aliphatic imine (C=N–C) groups is 1. The molecule has 0 heterocycles. The van der Waals surface area contributed by atoms with Crippen LogP contribution in [0, 0.1) is 0 Å². The van der Waals surface area contributed by atoms with Crippen LogP contribution >= 0.6 is 0 Å². The van der Waals surface area contributed by atoms with Crippen molar-refractivity contribution in [3.63, 3.8) is 0 Å². The molecule has 1 amide bonds. The predicted molar refractivity (Wildman–Crippen MR) is 73.0 cm³/mol. The smallest absolute Gasteiger partial charge is 0.244 e. The summed E-state index contributed by atoms with van der Waals surface area (Å²) >= 11 is 0. The Morgan fingerprint density at radius 1 is 1.39 bits per heavy atom. The number of likely N-dealkylation sites (N-methyl/N-ethyl adjacent to an activating group) is 1. The van der Waals surface area contributed by atoms with E-state index in [4.69, 9.17) is 5.84 Å². The van der Waals surface area contributed by atoms with E-state index in [2.05, 4.69) is 15.7 Å². The summed E-state index contributed by atoms with van der Waals surface area (Å²) in [7, 11) is 1.73. The molecule has 4 N–H and O–H groups in total. The molecule has 18 heavy (non-hydrogen) atoms. The maximum atomic E-state index is 11.6. The highest BCUT2D eigenvalue weighted by molar-refractivity contribution is 5.94. The monoisotopic (exact) mass is 249 g/mol. The van der Waals surface area contributed by atoms with Crippen LogP contribution in [0.5, 0.6) is 0 Å². The Balaban J connectivity index is 2.58. The van der Waals surface area contributed by atoms with E-state index in [9.17, 15) is 4.79 Å². The van der Waals surface area contributed by atoms with Gasteiger partial charge in [-0.3, -0.25) is 10.2 Å². The number of nitrogens with two attached hydrogens (primary N) is 1. The van der Waals surface area contributed by atoms with Crippen LogP contribution in [-0.2, 0) is 4.79 Å². The van der Waals surface area contributed by atoms with Gasteiger partial charge in [-0.1, -0.05) is 18.2 Å². The molecule has 0 radical (unpaired) electrons. The van der Waals surface area contributed by atoms with Crippen LogP contribution < -0.4 is 16.6 Å². The summed E-state index contributed by atoms with van der Waals surface area (Å²) in [4.78, 5) is 17.3. The molecule has 1 rings (SSSR count). The molecule has 6 heteroatoms. The zero-order chi connectivity index (χ0) is 13.4. The third-order valence-corrected chi connectivity index (χ3v) is 2.45. The van der Waals surface area contributed by atoms with E-state index in [1.807, 2.05) is 37.3 Å². The first-order valence-corrected chi connectivity index (χ1v) is 5.74. The molecule has 98 valence electrons. The van der Waals surface area contributed by atoms with Crippen LogP contribution in [-0.4, -0.2) is 36.9 Å². The zero-order valence-corrected chi connectivity index (χ0v) is 10.7. The quantitative estimate of drug-likeness (QED) is 0.312. The van der Waals surface area contributed by atoms with Crippen molar-refractivity contribution in [1.29, 1.82) is 0 Å². The molecule has 0 atom stereocenters. The van der Waals surface area contributed by atoms with Crippen molar-refractivity contribution in [2.75, 3.05) is 25.5 Å². The van der Waals surface area contributed by atoms with Crippen molar-refractivity contribution < 1.29 is 4.79 Å². The van der Waals surface area contributed by atoms with Gasteiger partial charge in [0.05, 0.1) is 0 Å². The third-order valence-electron chi connectivity index (χ3n) is 2.45. The minimum absolute atomic E-state index is 0.0555. The fourth-order valence-corrected chi connectivity index (χ4v) is 1.22. The van der Waals surface area contributed by atoms with Gasteiger partial charge in [-0.2, -0.15) is 0 Å². The first-order valence-electron chi connectivity index (χ1n) is 5.74. The van der Waals surface area contributed by atoms with E-state index in [0.717, 1.165) is 5.69 Å². The Hall–Kier alpha value is -2.08. The number of benzene rings is 1. The van der Waals surface area contributed by atoms with Gasteiger partial charge in [-0.15, -0.1) is 0 Å². The summed E-state index contributed by atoms with van der Waals surface area (Å²) < 4.78 is 0. The van der Waals surface area contributed by atoms with Crippen molar-refractivity contribution >= 4 is 17.6 Å². The van der Waals surface area contributed by atoms with Crippen LogP contribution in [0.3, 0.4) is 0 Å². The first-order chi connectivity index (χ1) is 8.67. The second kappa shape index (κ2) is 7.29. The minimum atomic E-state index is -0.0555. The topological polar surface area (TPSA) is 82.8 Å². The second-order valence-corrected chi connectivity index (χ2v) is 3.71. The summed E-state index contributed by atoms with van der Waals surface area (Å²) in [6.45, 7) is 2.63. The summed E-state index contributed by atoms with van der Waals surface area (Å²) in [5.41, 5.74) is 3.28. The molecule has 0 aliphatic rings. The molecule has 0 spiro atoms. The minimum Gasteiger partial charge on any atom is -0.344 e. The molecule has 6 nitrogen and oxygen atoms in total. The molecule has 0 saturated heterocycles. The number of hydrogen-bond donors (Lipinski definition) is 3. The number of carbonyl (C=O) groups is 1. The number of anilines is 1. The fraction of sp³-hybridized carbons (Fsp3) is 0.333. The number of nitrogens with zero attached hydrogens (tertiary/aromatic N) is 2. The molecular formula is C12H19N5O. The molecule has 1 aromatic carbocycles. The molecule has 0 aliphatic carbocycles. The van der Waals surface area contributed by atoms with Gasteiger partial charge in [0.2, 0.25) is 11.9 Å². The van der Waals surface area contributed by atoms with Gasteiger partial charge in [-0.25, -0.2) is 10.8 Å². The van der Waals surface area contributed by atoms with Crippen LogP contribution in [0.1, 0.15) is 6.92 Å². The van der Waals surface area contributed by atoms with Crippen molar-refractivity contribution in [2.45, 2.75) is 6.92 Å². The number of amides is 1. The maximum Gasteiger partial charge on any atom is 0.244 e. The van der Waals surface area contributed by atoms with Gasteiger partial charge >= 0.3 is 0 Å². The lowest BCUT2D eigenvalue weighted by atomic mass is 10.3. The van der Waals surface area contributed by atoms with Gasteiger partial charge < -0.3 is 10.2 Å². The molecule has 0 fully saturated rings. The molecule has 1 aromatic rings. The van der Waals surface area contributed by atoms with Crippen LogP contribution in [0.25, 0.3) is 0 Å². The van der Waals surface area contributed by atoms with E-state index in [1.165, 1.54) is 0 Å². The molecular weight excluding hydrogens is 230 g/mol. The Labute approximate surface area is 107 Å². The predicted octanol–water partition coefficient (Wildman–Crippen LogP) is 0.396. The molecule has 0 saturated carbocycles. The van der Waals surface area contributed by atoms with E-state index < -0.39 is 0 Å². The number of hydrogen-bond acceptors (Lipinski definition) is 3. The molecule has 0 unspecified atom stereocenters. The summed E-state index contributed by atoms with van der Waals surface area (Å²) in [5.74, 6) is 5.65. The van der Waals surface area contributed by atoms with E-state index in [-0.39, 0.29) is 12.5 Å².